The molecule has 0 aliphatic heterocycles. The van der Waals surface area contributed by atoms with E-state index in [1.54, 1.807) is 0 Å². The molecule has 5 heteroatoms. The largest absolute Gasteiger partial charge is 0.396 e. The third kappa shape index (κ3) is 6.30. The molecule has 0 bridgehead atoms. The van der Waals surface area contributed by atoms with Crippen molar-refractivity contribution in [3.63, 3.8) is 0 Å². The fourth-order valence-corrected chi connectivity index (χ4v) is 1.34. The van der Waals surface area contributed by atoms with Crippen LogP contribution < -0.4 is 11.1 Å². The summed E-state index contributed by atoms with van der Waals surface area (Å²) in [5.74, 6) is 0.0845. The van der Waals surface area contributed by atoms with Crippen molar-refractivity contribution in [3.8, 4) is 0 Å². The monoisotopic (exact) mass is 252 g/mol. The zero-order valence-corrected chi connectivity index (χ0v) is 11.2. The summed E-state index contributed by atoms with van der Waals surface area (Å²) in [6.07, 6.45) is 2.31. The number of rotatable bonds is 7. The first kappa shape index (κ1) is 18.1. The molecule has 4 N–H and O–H groups in total. The van der Waals surface area contributed by atoms with Crippen molar-refractivity contribution < 1.29 is 9.90 Å². The molecule has 4 nitrogen and oxygen atoms in total. The van der Waals surface area contributed by atoms with Crippen LogP contribution in [0.2, 0.25) is 0 Å². The average Bonchev–Trinajstić information content (AvgIpc) is 2.26. The molecule has 0 aliphatic rings. The van der Waals surface area contributed by atoms with Gasteiger partial charge in [-0.3, -0.25) is 4.79 Å². The molecule has 0 aromatic heterocycles. The normalized spacial score (nSPS) is 15.8. The van der Waals surface area contributed by atoms with Crippen LogP contribution >= 0.6 is 12.4 Å². The molecule has 0 radical (unpaired) electrons. The number of aliphatic hydroxyl groups is 1. The van der Waals surface area contributed by atoms with Crippen LogP contribution in [0.4, 0.5) is 0 Å². The molecule has 0 aliphatic carbocycles. The lowest BCUT2D eigenvalue weighted by atomic mass is 9.99. The molecule has 1 amide bonds. The van der Waals surface area contributed by atoms with Crippen LogP contribution in [-0.2, 0) is 4.79 Å². The van der Waals surface area contributed by atoms with Crippen LogP contribution in [0.15, 0.2) is 0 Å². The molecule has 98 valence electrons. The fourth-order valence-electron chi connectivity index (χ4n) is 1.34. The van der Waals surface area contributed by atoms with E-state index in [2.05, 4.69) is 5.32 Å². The fraction of sp³-hybridized carbons (Fsp3) is 0.909. The summed E-state index contributed by atoms with van der Waals surface area (Å²) in [6, 6.07) is -0.402. The van der Waals surface area contributed by atoms with E-state index in [9.17, 15) is 4.79 Å². The van der Waals surface area contributed by atoms with Crippen LogP contribution in [0.25, 0.3) is 0 Å². The van der Waals surface area contributed by atoms with E-state index < -0.39 is 6.04 Å². The number of carbonyl (C=O) groups excluding carboxylic acids is 1. The number of amides is 1. The van der Waals surface area contributed by atoms with E-state index in [1.807, 2.05) is 20.8 Å². The Balaban J connectivity index is 0. The van der Waals surface area contributed by atoms with Gasteiger partial charge < -0.3 is 16.2 Å². The summed E-state index contributed by atoms with van der Waals surface area (Å²) >= 11 is 0. The van der Waals surface area contributed by atoms with Gasteiger partial charge in [0.2, 0.25) is 5.91 Å². The first-order valence-electron chi connectivity index (χ1n) is 5.73. The van der Waals surface area contributed by atoms with Gasteiger partial charge >= 0.3 is 0 Å². The van der Waals surface area contributed by atoms with Gasteiger partial charge in [0.15, 0.2) is 0 Å². The van der Waals surface area contributed by atoms with Gasteiger partial charge in [0.25, 0.3) is 0 Å². The highest BCUT2D eigenvalue weighted by Gasteiger charge is 2.21. The Morgan fingerprint density at radius 3 is 2.31 bits per heavy atom. The molecular weight excluding hydrogens is 228 g/mol. The minimum Gasteiger partial charge on any atom is -0.396 e. The van der Waals surface area contributed by atoms with E-state index in [0.29, 0.717) is 6.42 Å². The van der Waals surface area contributed by atoms with Crippen molar-refractivity contribution in [2.45, 2.75) is 52.1 Å². The summed E-state index contributed by atoms with van der Waals surface area (Å²) < 4.78 is 0. The number of nitrogens with two attached hydrogens (primary N) is 1. The molecule has 3 unspecified atom stereocenters. The van der Waals surface area contributed by atoms with Crippen molar-refractivity contribution in [1.82, 2.24) is 5.32 Å². The van der Waals surface area contributed by atoms with Gasteiger partial charge in [-0.1, -0.05) is 27.2 Å². The first-order valence-corrected chi connectivity index (χ1v) is 5.73. The van der Waals surface area contributed by atoms with Crippen molar-refractivity contribution in [3.05, 3.63) is 0 Å². The van der Waals surface area contributed by atoms with Gasteiger partial charge in [0.05, 0.1) is 6.04 Å². The second kappa shape index (κ2) is 9.87. The molecule has 0 aromatic rings. The summed E-state index contributed by atoms with van der Waals surface area (Å²) in [4.78, 5) is 11.7. The van der Waals surface area contributed by atoms with Gasteiger partial charge in [-0.05, 0) is 18.8 Å². The van der Waals surface area contributed by atoms with Crippen LogP contribution in [-0.4, -0.2) is 29.7 Å². The lowest BCUT2D eigenvalue weighted by Gasteiger charge is -2.22. The number of halogens is 1. The highest BCUT2D eigenvalue weighted by Crippen LogP contribution is 2.06. The van der Waals surface area contributed by atoms with Crippen LogP contribution in [0, 0.1) is 5.92 Å². The zero-order valence-electron chi connectivity index (χ0n) is 10.4. The number of carbonyl (C=O) groups is 1. The number of hydrogen-bond donors (Lipinski definition) is 3. The molecule has 0 fully saturated rings. The van der Waals surface area contributed by atoms with Crippen molar-refractivity contribution in [1.29, 1.82) is 0 Å². The summed E-state index contributed by atoms with van der Waals surface area (Å²) in [5.41, 5.74) is 5.80. The molecule has 16 heavy (non-hydrogen) atoms. The summed E-state index contributed by atoms with van der Waals surface area (Å²) in [7, 11) is 0. The number of hydrogen-bond acceptors (Lipinski definition) is 3. The number of nitrogens with one attached hydrogen (secondary N) is 1. The third-order valence-corrected chi connectivity index (χ3v) is 2.88. The third-order valence-electron chi connectivity index (χ3n) is 2.88. The Kier molecular flexibility index (Phi) is 11.1. The van der Waals surface area contributed by atoms with E-state index in [4.69, 9.17) is 10.8 Å². The lowest BCUT2D eigenvalue weighted by Crippen LogP contribution is -2.48. The van der Waals surface area contributed by atoms with Crippen molar-refractivity contribution in [2.24, 2.45) is 11.7 Å². The maximum absolute atomic E-state index is 11.7. The van der Waals surface area contributed by atoms with Crippen LogP contribution in [0.5, 0.6) is 0 Å². The second-order valence-corrected chi connectivity index (χ2v) is 4.04. The molecule has 0 heterocycles. The van der Waals surface area contributed by atoms with Gasteiger partial charge in [0.1, 0.15) is 0 Å². The average molecular weight is 253 g/mol. The summed E-state index contributed by atoms with van der Waals surface area (Å²) in [6.45, 7) is 6.06. The smallest absolute Gasteiger partial charge is 0.237 e. The standard InChI is InChI=1S/C11H24N2O2.ClH/c1-4-8(3)10(12)11(15)13-9(5-2)6-7-14;/h8-10,14H,4-7,12H2,1-3H3,(H,13,15);1H. The van der Waals surface area contributed by atoms with E-state index in [1.165, 1.54) is 0 Å². The maximum atomic E-state index is 11.7. The molecular formula is C11H25ClN2O2. The van der Waals surface area contributed by atoms with Crippen molar-refractivity contribution in [2.75, 3.05) is 6.61 Å². The van der Waals surface area contributed by atoms with Crippen molar-refractivity contribution >= 4 is 18.3 Å². The Morgan fingerprint density at radius 1 is 1.38 bits per heavy atom. The highest BCUT2D eigenvalue weighted by molar-refractivity contribution is 5.85. The summed E-state index contributed by atoms with van der Waals surface area (Å²) in [5, 5.41) is 11.7. The highest BCUT2D eigenvalue weighted by atomic mass is 35.5. The lowest BCUT2D eigenvalue weighted by molar-refractivity contribution is -0.124. The Bertz CT molecular complexity index is 191. The molecule has 0 spiro atoms. The maximum Gasteiger partial charge on any atom is 0.237 e. The van der Waals surface area contributed by atoms with Crippen LogP contribution in [0.1, 0.15) is 40.0 Å². The van der Waals surface area contributed by atoms with E-state index in [0.717, 1.165) is 12.8 Å². The molecule has 0 rings (SSSR count). The van der Waals surface area contributed by atoms with E-state index in [-0.39, 0.29) is 36.9 Å². The molecule has 0 aromatic carbocycles. The predicted molar refractivity (Wildman–Crippen MR) is 68.6 cm³/mol. The van der Waals surface area contributed by atoms with Gasteiger partial charge in [0, 0.05) is 12.6 Å². The van der Waals surface area contributed by atoms with E-state index >= 15 is 0 Å². The zero-order chi connectivity index (χ0) is 11.8. The van der Waals surface area contributed by atoms with Gasteiger partial charge in [-0.15, -0.1) is 12.4 Å². The number of aliphatic hydroxyl groups excluding tert-OH is 1. The first-order chi connectivity index (χ1) is 7.06. The van der Waals surface area contributed by atoms with Crippen LogP contribution in [0.3, 0.4) is 0 Å². The minimum absolute atomic E-state index is 0. The molecule has 0 saturated carbocycles. The Hall–Kier alpha value is -0.320. The Morgan fingerprint density at radius 2 is 1.94 bits per heavy atom. The second-order valence-electron chi connectivity index (χ2n) is 4.04. The Labute approximate surface area is 104 Å². The quantitative estimate of drug-likeness (QED) is 0.634. The van der Waals surface area contributed by atoms with Gasteiger partial charge in [-0.25, -0.2) is 0 Å². The molecule has 3 atom stereocenters. The minimum atomic E-state index is -0.442. The molecule has 0 saturated heterocycles. The SMILES string of the molecule is CCC(CCO)NC(=O)C(N)C(C)CC.Cl. The van der Waals surface area contributed by atoms with Gasteiger partial charge in [-0.2, -0.15) is 0 Å². The topological polar surface area (TPSA) is 75.3 Å². The predicted octanol–water partition coefficient (Wildman–Crippen LogP) is 1.06.